The predicted molar refractivity (Wildman–Crippen MR) is 92.0 cm³/mol. The number of aliphatic hydroxyl groups excluding tert-OH is 1. The lowest BCUT2D eigenvalue weighted by atomic mass is 10.1. The molecule has 4 rings (SSSR count). The van der Waals surface area contributed by atoms with Crippen LogP contribution in [0.5, 0.6) is 5.75 Å². The smallest absolute Gasteiger partial charge is 0.225 e. The minimum Gasteiger partial charge on any atom is -0.507 e. The van der Waals surface area contributed by atoms with Crippen LogP contribution >= 0.6 is 11.3 Å². The van der Waals surface area contributed by atoms with E-state index in [2.05, 4.69) is 14.9 Å². The molecule has 1 aromatic carbocycles. The van der Waals surface area contributed by atoms with E-state index >= 15 is 0 Å². The van der Waals surface area contributed by atoms with E-state index in [1.165, 1.54) is 0 Å². The maximum absolute atomic E-state index is 9.92. The summed E-state index contributed by atoms with van der Waals surface area (Å²) in [5.41, 5.74) is 0.950. The highest BCUT2D eigenvalue weighted by atomic mass is 32.1. The first kappa shape index (κ1) is 14.4. The number of phenols is 1. The molecule has 0 spiro atoms. The van der Waals surface area contributed by atoms with Gasteiger partial charge in [-0.25, -0.2) is 9.97 Å². The molecule has 0 aliphatic carbocycles. The molecule has 1 aliphatic heterocycles. The summed E-state index contributed by atoms with van der Waals surface area (Å²) in [6, 6.07) is 7.52. The second kappa shape index (κ2) is 5.79. The zero-order chi connectivity index (χ0) is 15.8. The predicted octanol–water partition coefficient (Wildman–Crippen LogP) is 3.03. The van der Waals surface area contributed by atoms with Crippen LogP contribution < -0.4 is 4.90 Å². The van der Waals surface area contributed by atoms with Crippen molar-refractivity contribution in [2.75, 3.05) is 18.0 Å². The van der Waals surface area contributed by atoms with Gasteiger partial charge in [-0.3, -0.25) is 0 Å². The Kier molecular flexibility index (Phi) is 3.63. The molecular formula is C17H17N3O2S. The summed E-state index contributed by atoms with van der Waals surface area (Å²) in [6.07, 6.45) is 4.99. The Balaban J connectivity index is 1.61. The van der Waals surface area contributed by atoms with Crippen molar-refractivity contribution in [3.05, 3.63) is 36.7 Å². The largest absolute Gasteiger partial charge is 0.507 e. The van der Waals surface area contributed by atoms with Gasteiger partial charge in [0.15, 0.2) is 0 Å². The molecule has 0 atom stereocenters. The maximum atomic E-state index is 9.92. The molecule has 3 heterocycles. The Morgan fingerprint density at radius 3 is 2.57 bits per heavy atom. The van der Waals surface area contributed by atoms with Gasteiger partial charge in [0.05, 0.1) is 6.10 Å². The summed E-state index contributed by atoms with van der Waals surface area (Å²) in [6.45, 7) is 1.58. The third-order valence-corrected chi connectivity index (χ3v) is 5.36. The van der Waals surface area contributed by atoms with Gasteiger partial charge in [0, 0.05) is 46.0 Å². The molecule has 0 amide bonds. The van der Waals surface area contributed by atoms with Crippen molar-refractivity contribution in [1.29, 1.82) is 0 Å². The zero-order valence-corrected chi connectivity index (χ0v) is 13.3. The molecule has 23 heavy (non-hydrogen) atoms. The number of fused-ring (bicyclic) bond motifs is 1. The zero-order valence-electron chi connectivity index (χ0n) is 12.5. The van der Waals surface area contributed by atoms with Crippen LogP contribution in [0.15, 0.2) is 36.7 Å². The van der Waals surface area contributed by atoms with Crippen LogP contribution in [0.25, 0.3) is 20.5 Å². The van der Waals surface area contributed by atoms with Crippen molar-refractivity contribution in [2.24, 2.45) is 0 Å². The van der Waals surface area contributed by atoms with Crippen LogP contribution in [0.1, 0.15) is 12.8 Å². The molecule has 5 nitrogen and oxygen atoms in total. The van der Waals surface area contributed by atoms with E-state index in [0.29, 0.717) is 11.7 Å². The van der Waals surface area contributed by atoms with Crippen LogP contribution in [0.3, 0.4) is 0 Å². The summed E-state index contributed by atoms with van der Waals surface area (Å²) >= 11 is 1.62. The van der Waals surface area contributed by atoms with E-state index in [-0.39, 0.29) is 6.10 Å². The molecule has 2 aromatic heterocycles. The normalized spacial score (nSPS) is 16.1. The number of phenolic OH excluding ortho intramolecular Hbond substituents is 1. The van der Waals surface area contributed by atoms with E-state index in [1.807, 2.05) is 30.6 Å². The highest BCUT2D eigenvalue weighted by molar-refractivity contribution is 7.22. The Labute approximate surface area is 137 Å². The van der Waals surface area contributed by atoms with Gasteiger partial charge in [0.1, 0.15) is 5.75 Å². The van der Waals surface area contributed by atoms with Crippen LogP contribution in [0.2, 0.25) is 0 Å². The van der Waals surface area contributed by atoms with Gasteiger partial charge in [-0.15, -0.1) is 11.3 Å². The Bertz CT molecular complexity index is 823. The fraction of sp³-hybridized carbons (Fsp3) is 0.294. The number of hydrogen-bond acceptors (Lipinski definition) is 6. The summed E-state index contributed by atoms with van der Waals surface area (Å²) in [5.74, 6) is 1.01. The summed E-state index contributed by atoms with van der Waals surface area (Å²) in [7, 11) is 0. The number of aliphatic hydroxyl groups is 1. The monoisotopic (exact) mass is 327 g/mol. The first-order chi connectivity index (χ1) is 11.2. The fourth-order valence-corrected chi connectivity index (χ4v) is 3.92. The highest BCUT2D eigenvalue weighted by Gasteiger charge is 2.19. The molecule has 1 fully saturated rings. The Morgan fingerprint density at radius 1 is 1.13 bits per heavy atom. The van der Waals surface area contributed by atoms with Crippen molar-refractivity contribution >= 4 is 27.4 Å². The summed E-state index contributed by atoms with van der Waals surface area (Å²) in [5, 5.41) is 20.3. The Hall–Kier alpha value is -2.18. The first-order valence-corrected chi connectivity index (χ1v) is 8.49. The fourth-order valence-electron chi connectivity index (χ4n) is 2.87. The molecule has 118 valence electrons. The number of nitrogens with zero attached hydrogens (tertiary/aromatic N) is 3. The van der Waals surface area contributed by atoms with E-state index in [9.17, 15) is 10.2 Å². The molecule has 0 bridgehead atoms. The van der Waals surface area contributed by atoms with Crippen molar-refractivity contribution in [2.45, 2.75) is 18.9 Å². The average Bonchev–Trinajstić information content (AvgIpc) is 3.01. The van der Waals surface area contributed by atoms with Crippen LogP contribution in [0, 0.1) is 0 Å². The van der Waals surface area contributed by atoms with Crippen LogP contribution in [-0.4, -0.2) is 39.4 Å². The van der Waals surface area contributed by atoms with Gasteiger partial charge >= 0.3 is 0 Å². The molecule has 1 aliphatic rings. The second-order valence-corrected chi connectivity index (χ2v) is 6.87. The number of anilines is 1. The number of hydrogen-bond donors (Lipinski definition) is 2. The quantitative estimate of drug-likeness (QED) is 0.757. The number of aromatic hydroxyl groups is 1. The second-order valence-electron chi connectivity index (χ2n) is 5.79. The number of piperidine rings is 1. The summed E-state index contributed by atoms with van der Waals surface area (Å²) in [4.78, 5) is 12.1. The van der Waals surface area contributed by atoms with E-state index in [4.69, 9.17) is 0 Å². The van der Waals surface area contributed by atoms with Crippen molar-refractivity contribution in [3.63, 3.8) is 0 Å². The SMILES string of the molecule is Oc1cccc2sc(-c3cnc(N4CCC(O)CC4)nc3)cc12. The summed E-state index contributed by atoms with van der Waals surface area (Å²) < 4.78 is 1.05. The molecule has 1 saturated heterocycles. The van der Waals surface area contributed by atoms with E-state index in [1.54, 1.807) is 17.4 Å². The topological polar surface area (TPSA) is 69.5 Å². The van der Waals surface area contributed by atoms with E-state index in [0.717, 1.165) is 46.5 Å². The average molecular weight is 327 g/mol. The van der Waals surface area contributed by atoms with Gasteiger partial charge in [0.25, 0.3) is 0 Å². The van der Waals surface area contributed by atoms with Crippen molar-refractivity contribution < 1.29 is 10.2 Å². The highest BCUT2D eigenvalue weighted by Crippen LogP contribution is 2.37. The van der Waals surface area contributed by atoms with Crippen molar-refractivity contribution in [3.8, 4) is 16.2 Å². The lowest BCUT2D eigenvalue weighted by Gasteiger charge is -2.29. The molecule has 2 N–H and O–H groups in total. The molecule has 0 radical (unpaired) electrons. The number of thiophene rings is 1. The van der Waals surface area contributed by atoms with Gasteiger partial charge in [0.2, 0.25) is 5.95 Å². The van der Waals surface area contributed by atoms with E-state index < -0.39 is 0 Å². The number of benzene rings is 1. The third-order valence-electron chi connectivity index (χ3n) is 4.21. The standard InChI is InChI=1S/C17H17N3O2S/c21-12-4-6-20(7-5-12)17-18-9-11(10-19-17)16-8-13-14(22)2-1-3-15(13)23-16/h1-3,8-10,12,21-22H,4-7H2. The van der Waals surface area contributed by atoms with Crippen LogP contribution in [0.4, 0.5) is 5.95 Å². The van der Waals surface area contributed by atoms with Gasteiger partial charge in [-0.2, -0.15) is 0 Å². The van der Waals surface area contributed by atoms with Gasteiger partial charge in [-0.1, -0.05) is 6.07 Å². The minimum absolute atomic E-state index is 0.197. The van der Waals surface area contributed by atoms with Gasteiger partial charge in [-0.05, 0) is 31.0 Å². The maximum Gasteiger partial charge on any atom is 0.225 e. The number of aromatic nitrogens is 2. The third kappa shape index (κ3) is 2.75. The Morgan fingerprint density at radius 2 is 1.87 bits per heavy atom. The molecule has 0 unspecified atom stereocenters. The molecule has 0 saturated carbocycles. The molecular weight excluding hydrogens is 310 g/mol. The van der Waals surface area contributed by atoms with Crippen LogP contribution in [-0.2, 0) is 0 Å². The first-order valence-electron chi connectivity index (χ1n) is 7.67. The van der Waals surface area contributed by atoms with Crippen molar-refractivity contribution in [1.82, 2.24) is 9.97 Å². The number of rotatable bonds is 2. The lowest BCUT2D eigenvalue weighted by Crippen LogP contribution is -2.36. The lowest BCUT2D eigenvalue weighted by molar-refractivity contribution is 0.145. The van der Waals surface area contributed by atoms with Gasteiger partial charge < -0.3 is 15.1 Å². The molecule has 3 aromatic rings. The molecule has 6 heteroatoms. The minimum atomic E-state index is -0.197.